The summed E-state index contributed by atoms with van der Waals surface area (Å²) in [5, 5.41) is 8.86. The Bertz CT molecular complexity index is 565. The number of rotatable bonds is 5. The molecule has 0 aliphatic carbocycles. The molecule has 2 N–H and O–H groups in total. The van der Waals surface area contributed by atoms with Crippen LogP contribution in [0.25, 0.3) is 6.08 Å². The summed E-state index contributed by atoms with van der Waals surface area (Å²) >= 11 is 0. The number of amides is 1. The van der Waals surface area contributed by atoms with Gasteiger partial charge in [0.1, 0.15) is 0 Å². The van der Waals surface area contributed by atoms with Gasteiger partial charge in [0.15, 0.2) is 0 Å². The van der Waals surface area contributed by atoms with Crippen molar-refractivity contribution in [3.63, 3.8) is 0 Å². The fraction of sp³-hybridized carbons (Fsp3) is 0.167. The number of pyridine rings is 1. The minimum atomic E-state index is -0.317. The highest BCUT2D eigenvalue weighted by molar-refractivity contribution is 6.00. The highest BCUT2D eigenvalue weighted by Crippen LogP contribution is 2.05. The van der Waals surface area contributed by atoms with Crippen molar-refractivity contribution in [3.8, 4) is 6.01 Å². The molecule has 0 aliphatic heterocycles. The quantitative estimate of drug-likeness (QED) is 0.788. The van der Waals surface area contributed by atoms with Crippen LogP contribution >= 0.6 is 0 Å². The van der Waals surface area contributed by atoms with Crippen molar-refractivity contribution in [1.29, 1.82) is 0 Å². The van der Waals surface area contributed by atoms with Gasteiger partial charge in [-0.05, 0) is 24.6 Å². The molecule has 0 radical (unpaired) electrons. The molecule has 0 spiro atoms. The van der Waals surface area contributed by atoms with Crippen LogP contribution in [0.4, 0.5) is 5.95 Å². The van der Waals surface area contributed by atoms with E-state index in [2.05, 4.69) is 25.5 Å². The molecule has 0 aromatic carbocycles. The Balaban J connectivity index is 1.92. The Kier molecular flexibility index (Phi) is 4.22. The monoisotopic (exact) mass is 259 g/mol. The number of carbonyl (C=O) groups excluding carboxylic acids is 1. The number of ether oxygens (including phenoxy) is 1. The lowest BCUT2D eigenvalue weighted by Gasteiger charge is -1.95. The van der Waals surface area contributed by atoms with Crippen molar-refractivity contribution in [3.05, 3.63) is 36.2 Å². The third-order valence-electron chi connectivity index (χ3n) is 2.09. The van der Waals surface area contributed by atoms with Crippen molar-refractivity contribution >= 4 is 17.9 Å². The maximum atomic E-state index is 11.6. The second kappa shape index (κ2) is 6.29. The van der Waals surface area contributed by atoms with Gasteiger partial charge in [0.2, 0.25) is 5.95 Å². The standard InChI is InChI=1S/C12H13N5O2/c1-2-19-12-15-11(16-17-12)14-10(18)6-5-9-4-3-7-13-8-9/h3-8H,2H2,1H3,(H2,14,15,16,17,18)/b6-5+. The summed E-state index contributed by atoms with van der Waals surface area (Å²) in [7, 11) is 0. The Hall–Kier alpha value is -2.70. The van der Waals surface area contributed by atoms with Gasteiger partial charge in [0.05, 0.1) is 6.61 Å². The highest BCUT2D eigenvalue weighted by Gasteiger charge is 2.05. The predicted octanol–water partition coefficient (Wildman–Crippen LogP) is 1.25. The average Bonchev–Trinajstić information content (AvgIpc) is 2.85. The minimum Gasteiger partial charge on any atom is -0.463 e. The van der Waals surface area contributed by atoms with Gasteiger partial charge in [0.25, 0.3) is 5.91 Å². The zero-order valence-electron chi connectivity index (χ0n) is 10.3. The number of hydrogen-bond acceptors (Lipinski definition) is 5. The van der Waals surface area contributed by atoms with E-state index in [0.29, 0.717) is 6.61 Å². The molecule has 0 saturated carbocycles. The molecule has 98 valence electrons. The molecule has 2 rings (SSSR count). The van der Waals surface area contributed by atoms with Crippen LogP contribution < -0.4 is 10.1 Å². The fourth-order valence-electron chi connectivity index (χ4n) is 1.30. The van der Waals surface area contributed by atoms with Crippen molar-refractivity contribution in [2.75, 3.05) is 11.9 Å². The van der Waals surface area contributed by atoms with Gasteiger partial charge in [-0.25, -0.2) is 5.10 Å². The molecule has 2 aromatic heterocycles. The number of H-pyrrole nitrogens is 1. The summed E-state index contributed by atoms with van der Waals surface area (Å²) in [5.41, 5.74) is 0.838. The third-order valence-corrected chi connectivity index (χ3v) is 2.09. The van der Waals surface area contributed by atoms with Crippen molar-refractivity contribution in [1.82, 2.24) is 20.2 Å². The zero-order valence-corrected chi connectivity index (χ0v) is 10.3. The van der Waals surface area contributed by atoms with Crippen molar-refractivity contribution in [2.45, 2.75) is 6.92 Å². The van der Waals surface area contributed by atoms with Crippen LogP contribution in [0, 0.1) is 0 Å². The van der Waals surface area contributed by atoms with Crippen LogP contribution in [0.2, 0.25) is 0 Å². The second-order valence-corrected chi connectivity index (χ2v) is 3.51. The van der Waals surface area contributed by atoms with E-state index in [1.807, 2.05) is 13.0 Å². The Labute approximate surface area is 109 Å². The van der Waals surface area contributed by atoms with Gasteiger partial charge in [-0.3, -0.25) is 15.1 Å². The van der Waals surface area contributed by atoms with E-state index < -0.39 is 0 Å². The molecule has 2 heterocycles. The molecule has 19 heavy (non-hydrogen) atoms. The molecule has 0 aliphatic rings. The first-order chi connectivity index (χ1) is 9.28. The van der Waals surface area contributed by atoms with Crippen LogP contribution in [0.1, 0.15) is 12.5 Å². The first-order valence-electron chi connectivity index (χ1n) is 5.72. The van der Waals surface area contributed by atoms with E-state index in [1.165, 1.54) is 6.08 Å². The summed E-state index contributed by atoms with van der Waals surface area (Å²) in [6.45, 7) is 2.29. The molecular weight excluding hydrogens is 246 g/mol. The largest absolute Gasteiger partial charge is 0.463 e. The normalized spacial score (nSPS) is 10.6. The number of aromatic nitrogens is 4. The van der Waals surface area contributed by atoms with E-state index in [1.54, 1.807) is 24.5 Å². The van der Waals surface area contributed by atoms with E-state index in [9.17, 15) is 4.79 Å². The number of nitrogens with one attached hydrogen (secondary N) is 2. The lowest BCUT2D eigenvalue weighted by Crippen LogP contribution is -2.09. The molecule has 2 aromatic rings. The Morgan fingerprint density at radius 3 is 3.21 bits per heavy atom. The molecule has 7 heteroatoms. The lowest BCUT2D eigenvalue weighted by atomic mass is 10.2. The van der Waals surface area contributed by atoms with Crippen molar-refractivity contribution < 1.29 is 9.53 Å². The molecular formula is C12H13N5O2. The van der Waals surface area contributed by atoms with Gasteiger partial charge in [0, 0.05) is 18.5 Å². The number of nitrogens with zero attached hydrogens (tertiary/aromatic N) is 3. The van der Waals surface area contributed by atoms with Gasteiger partial charge >= 0.3 is 6.01 Å². The molecule has 0 unspecified atom stereocenters. The van der Waals surface area contributed by atoms with Gasteiger partial charge in [-0.15, -0.1) is 5.10 Å². The molecule has 7 nitrogen and oxygen atoms in total. The summed E-state index contributed by atoms with van der Waals surface area (Å²) in [6, 6.07) is 3.84. The van der Waals surface area contributed by atoms with E-state index in [4.69, 9.17) is 4.74 Å². The summed E-state index contributed by atoms with van der Waals surface area (Å²) in [5.74, 6) is -0.0765. The highest BCUT2D eigenvalue weighted by atomic mass is 16.5. The van der Waals surface area contributed by atoms with E-state index in [0.717, 1.165) is 5.56 Å². The minimum absolute atomic E-state index is 0.203. The lowest BCUT2D eigenvalue weighted by molar-refractivity contribution is -0.111. The SMILES string of the molecule is CCOc1n[nH]c(NC(=O)/C=C/c2cccnc2)n1. The van der Waals surface area contributed by atoms with Gasteiger partial charge < -0.3 is 4.74 Å². The predicted molar refractivity (Wildman–Crippen MR) is 69.5 cm³/mol. The maximum absolute atomic E-state index is 11.6. The molecule has 1 amide bonds. The van der Waals surface area contributed by atoms with Crippen LogP contribution in [-0.4, -0.2) is 32.7 Å². The Morgan fingerprint density at radius 1 is 1.58 bits per heavy atom. The second-order valence-electron chi connectivity index (χ2n) is 3.51. The average molecular weight is 259 g/mol. The summed E-state index contributed by atoms with van der Waals surface area (Å²) < 4.78 is 5.07. The number of anilines is 1. The number of aromatic amines is 1. The molecule has 0 fully saturated rings. The van der Waals surface area contributed by atoms with E-state index >= 15 is 0 Å². The zero-order chi connectivity index (χ0) is 13.5. The third kappa shape index (κ3) is 3.91. The fourth-order valence-corrected chi connectivity index (χ4v) is 1.30. The van der Waals surface area contributed by atoms with Crippen LogP contribution in [0.15, 0.2) is 30.6 Å². The van der Waals surface area contributed by atoms with Gasteiger partial charge in [-0.1, -0.05) is 6.07 Å². The van der Waals surface area contributed by atoms with Crippen molar-refractivity contribution in [2.24, 2.45) is 0 Å². The number of carbonyl (C=O) groups is 1. The smallest absolute Gasteiger partial charge is 0.337 e. The summed E-state index contributed by atoms with van der Waals surface area (Å²) in [4.78, 5) is 19.5. The first-order valence-corrected chi connectivity index (χ1v) is 5.72. The summed E-state index contributed by atoms with van der Waals surface area (Å²) in [6.07, 6.45) is 6.37. The van der Waals surface area contributed by atoms with Crippen LogP contribution in [-0.2, 0) is 4.79 Å². The van der Waals surface area contributed by atoms with Crippen LogP contribution in [0.5, 0.6) is 6.01 Å². The first kappa shape index (κ1) is 12.7. The van der Waals surface area contributed by atoms with E-state index in [-0.39, 0.29) is 17.9 Å². The molecule has 0 bridgehead atoms. The Morgan fingerprint density at radius 2 is 2.47 bits per heavy atom. The topological polar surface area (TPSA) is 92.8 Å². The molecule has 0 atom stereocenters. The molecule has 0 saturated heterocycles. The van der Waals surface area contributed by atoms with Gasteiger partial charge in [-0.2, -0.15) is 4.98 Å². The number of hydrogen-bond donors (Lipinski definition) is 2. The van der Waals surface area contributed by atoms with Crippen LogP contribution in [0.3, 0.4) is 0 Å². The maximum Gasteiger partial charge on any atom is 0.337 e.